The van der Waals surface area contributed by atoms with Crippen molar-refractivity contribution < 1.29 is 21.2 Å². The van der Waals surface area contributed by atoms with E-state index in [4.69, 9.17) is 9.11 Å². The van der Waals surface area contributed by atoms with E-state index in [-0.39, 0.29) is 0 Å². The van der Waals surface area contributed by atoms with Crippen LogP contribution in [-0.4, -0.2) is 17.5 Å². The normalized spacial score (nSPS) is 24.2. The lowest BCUT2D eigenvalue weighted by Gasteiger charge is -1.95. The van der Waals surface area contributed by atoms with Crippen molar-refractivity contribution >= 4 is 40.5 Å². The van der Waals surface area contributed by atoms with Crippen LogP contribution in [0.15, 0.2) is 0 Å². The van der Waals surface area contributed by atoms with Gasteiger partial charge in [-0.05, 0) is 0 Å². The van der Waals surface area contributed by atoms with Crippen molar-refractivity contribution in [3.63, 3.8) is 0 Å². The van der Waals surface area contributed by atoms with Gasteiger partial charge in [-0.25, -0.2) is 0 Å². The van der Waals surface area contributed by atoms with Crippen LogP contribution in [0.5, 0.6) is 0 Å². The molecule has 0 saturated heterocycles. The van der Waals surface area contributed by atoms with E-state index >= 15 is 0 Å². The monoisotopic (exact) mass is 210 g/mol. The van der Waals surface area contributed by atoms with Crippen molar-refractivity contribution in [2.75, 3.05) is 0 Å². The molecule has 0 aromatic rings. The standard InChI is InChI=1S/H2O5S4/c1-8(2,6)5-9(3,4)7/h(H,1,2,6)(H,3,4,7). The summed E-state index contributed by atoms with van der Waals surface area (Å²) in [7, 11) is -8.16. The molecule has 0 aromatic heterocycles. The maximum absolute atomic E-state index is 9.94. The Balaban J connectivity index is 4.46. The first-order valence-corrected chi connectivity index (χ1v) is 6.10. The molecule has 0 aliphatic heterocycles. The van der Waals surface area contributed by atoms with Crippen LogP contribution in [0.25, 0.3) is 0 Å². The van der Waals surface area contributed by atoms with Gasteiger partial charge in [-0.15, -0.1) is 3.63 Å². The molecule has 56 valence electrons. The van der Waals surface area contributed by atoms with Gasteiger partial charge in [0.25, 0.3) is 18.1 Å². The van der Waals surface area contributed by atoms with Crippen molar-refractivity contribution in [3.8, 4) is 0 Å². The van der Waals surface area contributed by atoms with Crippen molar-refractivity contribution in [3.05, 3.63) is 0 Å². The van der Waals surface area contributed by atoms with E-state index in [2.05, 4.69) is 26.0 Å². The van der Waals surface area contributed by atoms with Crippen molar-refractivity contribution in [2.24, 2.45) is 0 Å². The largest absolute Gasteiger partial charge is 0.284 e. The van der Waals surface area contributed by atoms with Crippen LogP contribution in [-0.2, 0) is 44.1 Å². The van der Waals surface area contributed by atoms with E-state index in [0.717, 1.165) is 0 Å². The molecule has 0 aliphatic rings. The highest BCUT2D eigenvalue weighted by molar-refractivity contribution is 8.35. The van der Waals surface area contributed by atoms with Crippen molar-refractivity contribution in [2.45, 2.75) is 0 Å². The summed E-state index contributed by atoms with van der Waals surface area (Å²) in [5.41, 5.74) is 0. The second-order valence-electron chi connectivity index (χ2n) is 0.924. The van der Waals surface area contributed by atoms with Gasteiger partial charge in [0, 0.05) is 22.4 Å². The smallest absolute Gasteiger partial charge is 0.281 e. The second-order valence-corrected chi connectivity index (χ2v) is 5.71. The lowest BCUT2D eigenvalue weighted by molar-refractivity contribution is 0.423. The molecule has 0 spiro atoms. The number of rotatable bonds is 2. The summed E-state index contributed by atoms with van der Waals surface area (Å²) < 4.78 is 39.4. The SMILES string of the molecule is O=S(O)(=S)OS(=O)(O)=S. The zero-order valence-electron chi connectivity index (χ0n) is 3.75. The van der Waals surface area contributed by atoms with Crippen LogP contribution in [0.4, 0.5) is 0 Å². The summed E-state index contributed by atoms with van der Waals surface area (Å²) >= 11 is 7.38. The lowest BCUT2D eigenvalue weighted by Crippen LogP contribution is -2.08. The van der Waals surface area contributed by atoms with Gasteiger partial charge in [0.2, 0.25) is 0 Å². The summed E-state index contributed by atoms with van der Waals surface area (Å²) in [6.45, 7) is 0. The Morgan fingerprint density at radius 1 is 1.11 bits per heavy atom. The third-order valence-electron chi connectivity index (χ3n) is 0.172. The maximum atomic E-state index is 9.94. The first-order valence-electron chi connectivity index (χ1n) is 1.37. The van der Waals surface area contributed by atoms with Crippen LogP contribution in [0, 0.1) is 0 Å². The van der Waals surface area contributed by atoms with Gasteiger partial charge in [0.15, 0.2) is 0 Å². The van der Waals surface area contributed by atoms with E-state index in [0.29, 0.717) is 0 Å². The van der Waals surface area contributed by atoms with E-state index in [1.165, 1.54) is 0 Å². The predicted octanol–water partition coefficient (Wildman–Crippen LogP) is -0.728. The van der Waals surface area contributed by atoms with Gasteiger partial charge in [0.05, 0.1) is 0 Å². The molecule has 0 unspecified atom stereocenters. The summed E-state index contributed by atoms with van der Waals surface area (Å²) in [6.07, 6.45) is 0. The van der Waals surface area contributed by atoms with Gasteiger partial charge >= 0.3 is 0 Å². The molecule has 0 bridgehead atoms. The second kappa shape index (κ2) is 2.70. The molecule has 0 atom stereocenters. The van der Waals surface area contributed by atoms with Gasteiger partial charge in [-0.2, -0.15) is 8.42 Å². The molecule has 0 heterocycles. The molecule has 0 saturated carbocycles. The van der Waals surface area contributed by atoms with Gasteiger partial charge in [0.1, 0.15) is 0 Å². The Morgan fingerprint density at radius 2 is 1.33 bits per heavy atom. The minimum absolute atomic E-state index is 3.42. The fraction of sp³-hybridized carbons (Fsp3) is 0. The van der Waals surface area contributed by atoms with Crippen LogP contribution >= 0.6 is 0 Å². The maximum Gasteiger partial charge on any atom is 0.281 e. The minimum atomic E-state index is -4.08. The topological polar surface area (TPSA) is 83.8 Å². The van der Waals surface area contributed by atoms with E-state index in [1.54, 1.807) is 0 Å². The fourth-order valence-corrected chi connectivity index (χ4v) is 2.65. The van der Waals surface area contributed by atoms with Crippen molar-refractivity contribution in [1.82, 2.24) is 0 Å². The zero-order valence-corrected chi connectivity index (χ0v) is 7.02. The average molecular weight is 210 g/mol. The quantitative estimate of drug-likeness (QED) is 0.621. The molecule has 0 aromatic carbocycles. The average Bonchev–Trinajstić information content (AvgIpc) is 1.14. The number of hydrogen-bond donors (Lipinski definition) is 2. The summed E-state index contributed by atoms with van der Waals surface area (Å²) in [4.78, 5) is 0. The fourth-order valence-electron chi connectivity index (χ4n) is 0.109. The van der Waals surface area contributed by atoms with Crippen LogP contribution in [0.1, 0.15) is 0 Å². The molecule has 0 rings (SSSR count). The summed E-state index contributed by atoms with van der Waals surface area (Å²) in [5, 5.41) is 0. The molecule has 0 radical (unpaired) electrons. The molecule has 0 amide bonds. The first kappa shape index (κ1) is 9.62. The highest BCUT2D eigenvalue weighted by Gasteiger charge is 2.08. The van der Waals surface area contributed by atoms with E-state index < -0.39 is 18.1 Å². The lowest BCUT2D eigenvalue weighted by atomic mass is 15.8. The molecule has 5 nitrogen and oxygen atoms in total. The Hall–Kier alpha value is 0.620. The number of hydrogen-bond acceptors (Lipinski definition) is 5. The van der Waals surface area contributed by atoms with Gasteiger partial charge in [-0.1, -0.05) is 0 Å². The minimum Gasteiger partial charge on any atom is -0.284 e. The molecular formula is H2O5S4. The van der Waals surface area contributed by atoms with Crippen LogP contribution in [0.2, 0.25) is 0 Å². The highest BCUT2D eigenvalue weighted by atomic mass is 32.9. The third kappa shape index (κ3) is 8.62. The summed E-state index contributed by atoms with van der Waals surface area (Å²) in [5.74, 6) is 0. The van der Waals surface area contributed by atoms with E-state index in [1.807, 2.05) is 0 Å². The van der Waals surface area contributed by atoms with Crippen molar-refractivity contribution in [1.29, 1.82) is 0 Å². The van der Waals surface area contributed by atoms with Crippen LogP contribution in [0.3, 0.4) is 0 Å². The Morgan fingerprint density at radius 3 is 1.33 bits per heavy atom. The summed E-state index contributed by atoms with van der Waals surface area (Å²) in [6, 6.07) is 0. The zero-order chi connectivity index (χ0) is 7.71. The molecule has 0 aliphatic carbocycles. The molecule has 0 fully saturated rings. The molecule has 9 heavy (non-hydrogen) atoms. The van der Waals surface area contributed by atoms with E-state index in [9.17, 15) is 8.42 Å². The Kier molecular flexibility index (Phi) is 2.88. The van der Waals surface area contributed by atoms with Gasteiger partial charge in [-0.3, -0.25) is 9.11 Å². The molecule has 9 heteroatoms. The third-order valence-corrected chi connectivity index (χ3v) is 2.55. The molecule has 2 N–H and O–H groups in total. The highest BCUT2D eigenvalue weighted by Crippen LogP contribution is 1.93. The predicted molar refractivity (Wildman–Crippen MR) is 37.4 cm³/mol. The molecular weight excluding hydrogens is 208 g/mol. The van der Waals surface area contributed by atoms with Crippen LogP contribution < -0.4 is 0 Å². The first-order chi connectivity index (χ1) is 3.71. The van der Waals surface area contributed by atoms with Gasteiger partial charge < -0.3 is 0 Å². The Labute approximate surface area is 61.8 Å². The Bertz CT molecular complexity index is 234.